The summed E-state index contributed by atoms with van der Waals surface area (Å²) in [5.74, 6) is 0.587. The Bertz CT molecular complexity index is 989. The van der Waals surface area contributed by atoms with Crippen molar-refractivity contribution in [2.45, 2.75) is 25.5 Å². The molecule has 29 heavy (non-hydrogen) atoms. The summed E-state index contributed by atoms with van der Waals surface area (Å²) in [4.78, 5) is 25.0. The molecule has 5 nitrogen and oxygen atoms in total. The third-order valence-corrected chi connectivity index (χ3v) is 6.26. The molecule has 1 aliphatic rings. The molecule has 2 heterocycles. The number of nitrogens with zero attached hydrogens (tertiary/aromatic N) is 3. The molecular weight excluding hydrogens is 380 g/mol. The number of benzene rings is 2. The van der Waals surface area contributed by atoms with Crippen LogP contribution in [0.3, 0.4) is 0 Å². The lowest BCUT2D eigenvalue weighted by atomic mass is 10.0. The van der Waals surface area contributed by atoms with Gasteiger partial charge in [0, 0.05) is 17.0 Å². The molecule has 1 amide bonds. The summed E-state index contributed by atoms with van der Waals surface area (Å²) in [7, 11) is 0. The summed E-state index contributed by atoms with van der Waals surface area (Å²) in [5, 5.41) is 3.32. The predicted octanol–water partition coefficient (Wildman–Crippen LogP) is 2.27. The second-order valence-corrected chi connectivity index (χ2v) is 8.61. The third-order valence-electron chi connectivity index (χ3n) is 5.43. The summed E-state index contributed by atoms with van der Waals surface area (Å²) in [6, 6.07) is 17.1. The minimum atomic E-state index is 0.182. The highest BCUT2D eigenvalue weighted by molar-refractivity contribution is 7.99. The lowest BCUT2D eigenvalue weighted by Gasteiger charge is -2.32. The van der Waals surface area contributed by atoms with Gasteiger partial charge in [0.1, 0.15) is 6.54 Å². The van der Waals surface area contributed by atoms with Gasteiger partial charge in [0.25, 0.3) is 0 Å². The van der Waals surface area contributed by atoms with Crippen molar-refractivity contribution in [3.05, 3.63) is 65.5 Å². The SMILES string of the molecule is Cc1cc(C)nc(SCC(=O)N2CC[NH+](Cc3cccc4ccccc34)CC2)n1. The molecule has 1 fully saturated rings. The highest BCUT2D eigenvalue weighted by Crippen LogP contribution is 2.18. The van der Waals surface area contributed by atoms with E-state index in [2.05, 4.69) is 52.4 Å². The van der Waals surface area contributed by atoms with Gasteiger partial charge < -0.3 is 9.80 Å². The number of carbonyl (C=O) groups is 1. The molecule has 0 spiro atoms. The van der Waals surface area contributed by atoms with E-state index in [0.29, 0.717) is 10.9 Å². The van der Waals surface area contributed by atoms with Crippen LogP contribution in [0.5, 0.6) is 0 Å². The first-order valence-electron chi connectivity index (χ1n) is 10.1. The molecule has 1 N–H and O–H groups in total. The minimum absolute atomic E-state index is 0.182. The Morgan fingerprint density at radius 3 is 2.48 bits per heavy atom. The van der Waals surface area contributed by atoms with Crippen molar-refractivity contribution in [3.63, 3.8) is 0 Å². The van der Waals surface area contributed by atoms with Gasteiger partial charge in [-0.3, -0.25) is 4.79 Å². The number of rotatable bonds is 5. The second kappa shape index (κ2) is 8.93. The summed E-state index contributed by atoms with van der Waals surface area (Å²) in [6.07, 6.45) is 0. The Labute approximate surface area is 176 Å². The number of hydrogen-bond acceptors (Lipinski definition) is 4. The van der Waals surface area contributed by atoms with Gasteiger partial charge in [0.15, 0.2) is 5.16 Å². The van der Waals surface area contributed by atoms with Crippen LogP contribution in [0, 0.1) is 13.8 Å². The Kier molecular flexibility index (Phi) is 6.11. The Hall–Kier alpha value is -2.44. The van der Waals surface area contributed by atoms with E-state index in [1.807, 2.05) is 24.8 Å². The van der Waals surface area contributed by atoms with E-state index in [-0.39, 0.29) is 5.91 Å². The van der Waals surface area contributed by atoms with Crippen LogP contribution in [-0.2, 0) is 11.3 Å². The van der Waals surface area contributed by atoms with Gasteiger partial charge in [0.05, 0.1) is 31.9 Å². The smallest absolute Gasteiger partial charge is 0.233 e. The fraction of sp³-hybridized carbons (Fsp3) is 0.348. The number of amides is 1. The number of aryl methyl sites for hydroxylation is 2. The quantitative estimate of drug-likeness (QED) is 0.521. The third kappa shape index (κ3) is 4.95. The van der Waals surface area contributed by atoms with E-state index in [1.54, 1.807) is 0 Å². The lowest BCUT2D eigenvalue weighted by molar-refractivity contribution is -0.917. The van der Waals surface area contributed by atoms with Crippen molar-refractivity contribution < 1.29 is 9.69 Å². The first-order chi connectivity index (χ1) is 14.1. The summed E-state index contributed by atoms with van der Waals surface area (Å²) >= 11 is 1.44. The van der Waals surface area contributed by atoms with Crippen molar-refractivity contribution in [1.82, 2.24) is 14.9 Å². The fourth-order valence-electron chi connectivity index (χ4n) is 3.94. The first-order valence-corrected chi connectivity index (χ1v) is 11.1. The van der Waals surface area contributed by atoms with Crippen LogP contribution >= 0.6 is 11.8 Å². The van der Waals surface area contributed by atoms with Crippen molar-refractivity contribution in [1.29, 1.82) is 0 Å². The molecule has 1 aromatic heterocycles. The molecule has 4 rings (SSSR count). The Balaban J connectivity index is 1.30. The number of fused-ring (bicyclic) bond motifs is 1. The van der Waals surface area contributed by atoms with Crippen LogP contribution in [0.25, 0.3) is 10.8 Å². The Morgan fingerprint density at radius 1 is 1.03 bits per heavy atom. The first kappa shape index (κ1) is 19.9. The molecule has 0 saturated carbocycles. The number of thioether (sulfide) groups is 1. The van der Waals surface area contributed by atoms with Gasteiger partial charge in [-0.05, 0) is 30.7 Å². The molecule has 6 heteroatoms. The van der Waals surface area contributed by atoms with E-state index in [9.17, 15) is 4.79 Å². The minimum Gasteiger partial charge on any atom is -0.331 e. The molecule has 0 radical (unpaired) electrons. The molecule has 1 aliphatic heterocycles. The van der Waals surface area contributed by atoms with E-state index in [0.717, 1.165) is 44.1 Å². The molecule has 0 atom stereocenters. The lowest BCUT2D eigenvalue weighted by Crippen LogP contribution is -3.13. The molecule has 150 valence electrons. The topological polar surface area (TPSA) is 50.5 Å². The van der Waals surface area contributed by atoms with Crippen LogP contribution in [0.1, 0.15) is 17.0 Å². The van der Waals surface area contributed by atoms with E-state index in [4.69, 9.17) is 0 Å². The number of carbonyl (C=O) groups excluding carboxylic acids is 1. The second-order valence-electron chi connectivity index (χ2n) is 7.67. The van der Waals surface area contributed by atoms with Gasteiger partial charge in [-0.25, -0.2) is 9.97 Å². The van der Waals surface area contributed by atoms with Gasteiger partial charge in [0.2, 0.25) is 5.91 Å². The summed E-state index contributed by atoms with van der Waals surface area (Å²) in [5.41, 5.74) is 3.27. The molecule has 2 aromatic carbocycles. The summed E-state index contributed by atoms with van der Waals surface area (Å²) in [6.45, 7) is 8.52. The van der Waals surface area contributed by atoms with E-state index < -0.39 is 0 Å². The van der Waals surface area contributed by atoms with Crippen LogP contribution < -0.4 is 4.90 Å². The zero-order valence-corrected chi connectivity index (χ0v) is 17.8. The average Bonchev–Trinajstić information content (AvgIpc) is 2.72. The monoisotopic (exact) mass is 407 g/mol. The number of piperazine rings is 1. The van der Waals surface area contributed by atoms with Crippen LogP contribution in [0.15, 0.2) is 53.7 Å². The largest absolute Gasteiger partial charge is 0.331 e. The van der Waals surface area contributed by atoms with Gasteiger partial charge in [-0.1, -0.05) is 54.2 Å². The standard InChI is InChI=1S/C23H26N4OS/c1-17-14-18(2)25-23(24-17)29-16-22(28)27-12-10-26(11-13-27)15-20-8-5-7-19-6-3-4-9-21(19)20/h3-9,14H,10-13,15-16H2,1-2H3/p+1. The number of hydrogen-bond donors (Lipinski definition) is 1. The van der Waals surface area contributed by atoms with Gasteiger partial charge in [-0.2, -0.15) is 0 Å². The van der Waals surface area contributed by atoms with E-state index >= 15 is 0 Å². The molecule has 0 aliphatic carbocycles. The van der Waals surface area contributed by atoms with E-state index in [1.165, 1.54) is 33.0 Å². The maximum absolute atomic E-state index is 12.6. The van der Waals surface area contributed by atoms with Crippen molar-refractivity contribution in [3.8, 4) is 0 Å². The van der Waals surface area contributed by atoms with Gasteiger partial charge in [-0.15, -0.1) is 0 Å². The molecular formula is C23H27N4OS+. The molecule has 0 bridgehead atoms. The van der Waals surface area contributed by atoms with Crippen molar-refractivity contribution in [2.75, 3.05) is 31.9 Å². The highest BCUT2D eigenvalue weighted by Gasteiger charge is 2.24. The molecule has 0 unspecified atom stereocenters. The van der Waals surface area contributed by atoms with Gasteiger partial charge >= 0.3 is 0 Å². The average molecular weight is 408 g/mol. The maximum atomic E-state index is 12.6. The zero-order valence-electron chi connectivity index (χ0n) is 17.0. The number of nitrogens with one attached hydrogen (secondary N) is 1. The highest BCUT2D eigenvalue weighted by atomic mass is 32.2. The number of aromatic nitrogens is 2. The zero-order chi connectivity index (χ0) is 20.2. The van der Waals surface area contributed by atoms with Crippen LogP contribution in [-0.4, -0.2) is 52.7 Å². The normalized spacial score (nSPS) is 15.0. The summed E-state index contributed by atoms with van der Waals surface area (Å²) < 4.78 is 0. The number of quaternary nitrogens is 1. The maximum Gasteiger partial charge on any atom is 0.233 e. The van der Waals surface area contributed by atoms with Crippen LogP contribution in [0.2, 0.25) is 0 Å². The van der Waals surface area contributed by atoms with Crippen molar-refractivity contribution in [2.24, 2.45) is 0 Å². The van der Waals surface area contributed by atoms with Crippen molar-refractivity contribution >= 4 is 28.4 Å². The predicted molar refractivity (Wildman–Crippen MR) is 117 cm³/mol. The molecule has 1 saturated heterocycles. The fourth-order valence-corrected chi connectivity index (χ4v) is 4.79. The Morgan fingerprint density at radius 2 is 1.72 bits per heavy atom. The van der Waals surface area contributed by atoms with Crippen LogP contribution in [0.4, 0.5) is 0 Å². The molecule has 3 aromatic rings.